The summed E-state index contributed by atoms with van der Waals surface area (Å²) in [6.45, 7) is 2.32. The van der Waals surface area contributed by atoms with Gasteiger partial charge in [-0.05, 0) is 38.1 Å². The summed E-state index contributed by atoms with van der Waals surface area (Å²) in [7, 11) is -3.38. The lowest BCUT2D eigenvalue weighted by Gasteiger charge is -2.36. The van der Waals surface area contributed by atoms with Crippen LogP contribution in [-0.2, 0) is 23.7 Å². The summed E-state index contributed by atoms with van der Waals surface area (Å²) in [5.74, 6) is -1.12. The van der Waals surface area contributed by atoms with E-state index in [-0.39, 0.29) is 18.8 Å². The van der Waals surface area contributed by atoms with Gasteiger partial charge in [-0.15, -0.1) is 0 Å². The minimum absolute atomic E-state index is 0.253. The number of benzene rings is 2. The summed E-state index contributed by atoms with van der Waals surface area (Å²) in [6.07, 6.45) is -5.30. The van der Waals surface area contributed by atoms with E-state index in [2.05, 4.69) is 0 Å². The van der Waals surface area contributed by atoms with Gasteiger partial charge in [-0.3, -0.25) is 18.4 Å². The number of halogens is 3. The van der Waals surface area contributed by atoms with Crippen molar-refractivity contribution in [3.8, 4) is 5.75 Å². The van der Waals surface area contributed by atoms with Gasteiger partial charge >= 0.3 is 14.0 Å². The van der Waals surface area contributed by atoms with Gasteiger partial charge in [0, 0.05) is 11.1 Å². The van der Waals surface area contributed by atoms with Crippen molar-refractivity contribution < 1.29 is 40.8 Å². The number of hydrogen-bond acceptors (Lipinski definition) is 6. The first-order chi connectivity index (χ1) is 14.1. The third-order valence-electron chi connectivity index (χ3n) is 4.07. The van der Waals surface area contributed by atoms with Gasteiger partial charge < -0.3 is 4.74 Å². The minimum Gasteiger partial charge on any atom is -0.497 e. The number of methoxy groups -OCH3 is 1. The maximum Gasteiger partial charge on any atom is 0.476 e. The minimum atomic E-state index is -5.30. The normalized spacial score (nSPS) is 14.2. The third-order valence-corrected chi connectivity index (χ3v) is 5.72. The lowest BCUT2D eigenvalue weighted by atomic mass is 9.85. The van der Waals surface area contributed by atoms with Gasteiger partial charge in [-0.2, -0.15) is 13.2 Å². The Balaban J connectivity index is 2.74. The standard InChI is InChI=1S/C20H22F3O6P/c1-4-27-30(25,28-5-2)29-19(20(21,22)23,16-9-7-6-8-10-16)18(24)15-11-13-17(26-3)14-12-15/h6-14H,4-5H2,1-3H3. The van der Waals surface area contributed by atoms with Crippen molar-refractivity contribution in [2.45, 2.75) is 25.6 Å². The second kappa shape index (κ2) is 9.75. The maximum atomic E-state index is 14.6. The van der Waals surface area contributed by atoms with Crippen LogP contribution in [0.5, 0.6) is 5.75 Å². The van der Waals surface area contributed by atoms with Crippen LogP contribution in [0.4, 0.5) is 13.2 Å². The first kappa shape index (κ1) is 24.1. The molecule has 2 aromatic rings. The van der Waals surface area contributed by atoms with E-state index >= 15 is 0 Å². The highest BCUT2D eigenvalue weighted by Crippen LogP contribution is 2.59. The van der Waals surface area contributed by atoms with Gasteiger partial charge in [0.2, 0.25) is 5.78 Å². The first-order valence-electron chi connectivity index (χ1n) is 9.04. The van der Waals surface area contributed by atoms with Gasteiger partial charge in [-0.1, -0.05) is 30.3 Å². The molecule has 2 rings (SSSR count). The van der Waals surface area contributed by atoms with Crippen LogP contribution in [0.25, 0.3) is 0 Å². The molecular formula is C20H22F3O6P. The van der Waals surface area contributed by atoms with Crippen LogP contribution in [0.1, 0.15) is 29.8 Å². The molecule has 2 aromatic carbocycles. The number of phosphoric acid groups is 1. The zero-order chi connectivity index (χ0) is 22.4. The highest BCUT2D eigenvalue weighted by atomic mass is 31.2. The number of hydrogen-bond donors (Lipinski definition) is 0. The molecule has 0 heterocycles. The zero-order valence-electron chi connectivity index (χ0n) is 16.6. The molecule has 0 N–H and O–H groups in total. The number of carbonyl (C=O) groups is 1. The highest BCUT2D eigenvalue weighted by Gasteiger charge is 2.66. The number of rotatable bonds is 10. The SMILES string of the molecule is CCOP(=O)(OCC)OC(C(=O)c1ccc(OC)cc1)(c1ccccc1)C(F)(F)F. The smallest absolute Gasteiger partial charge is 0.476 e. The number of carbonyl (C=O) groups excluding carboxylic acids is 1. The van der Waals surface area contributed by atoms with Crippen LogP contribution in [0.3, 0.4) is 0 Å². The first-order valence-corrected chi connectivity index (χ1v) is 10.5. The lowest BCUT2D eigenvalue weighted by molar-refractivity contribution is -0.237. The molecule has 0 aliphatic rings. The molecule has 30 heavy (non-hydrogen) atoms. The molecule has 0 radical (unpaired) electrons. The van der Waals surface area contributed by atoms with E-state index in [9.17, 15) is 22.5 Å². The molecule has 10 heteroatoms. The molecule has 0 saturated carbocycles. The Labute approximate surface area is 172 Å². The summed E-state index contributed by atoms with van der Waals surface area (Å²) in [4.78, 5) is 13.3. The number of ether oxygens (including phenoxy) is 1. The fourth-order valence-corrected chi connectivity index (χ4v) is 4.20. The summed E-state index contributed by atoms with van der Waals surface area (Å²) in [6, 6.07) is 11.2. The Bertz CT molecular complexity index is 876. The molecule has 0 saturated heterocycles. The molecule has 1 atom stereocenters. The van der Waals surface area contributed by atoms with E-state index in [1.165, 1.54) is 63.4 Å². The van der Waals surface area contributed by atoms with Gasteiger partial charge in [-0.25, -0.2) is 4.57 Å². The largest absolute Gasteiger partial charge is 0.497 e. The fraction of sp³-hybridized carbons (Fsp3) is 0.350. The molecular weight excluding hydrogens is 424 g/mol. The van der Waals surface area contributed by atoms with Gasteiger partial charge in [0.1, 0.15) is 5.75 Å². The van der Waals surface area contributed by atoms with Gasteiger partial charge in [0.15, 0.2) is 0 Å². The lowest BCUT2D eigenvalue weighted by Crippen LogP contribution is -2.51. The fourth-order valence-electron chi connectivity index (χ4n) is 2.76. The van der Waals surface area contributed by atoms with Gasteiger partial charge in [0.25, 0.3) is 5.60 Å². The predicted octanol–water partition coefficient (Wildman–Crippen LogP) is 5.53. The Morgan fingerprint density at radius 2 is 1.47 bits per heavy atom. The molecule has 6 nitrogen and oxygen atoms in total. The Morgan fingerprint density at radius 3 is 1.90 bits per heavy atom. The van der Waals surface area contributed by atoms with E-state index in [1.54, 1.807) is 0 Å². The Hall–Kier alpha value is -2.19. The average Bonchev–Trinajstić information content (AvgIpc) is 2.72. The van der Waals surface area contributed by atoms with Crippen LogP contribution < -0.4 is 4.74 Å². The van der Waals surface area contributed by atoms with Crippen molar-refractivity contribution in [3.05, 3.63) is 65.7 Å². The van der Waals surface area contributed by atoms with Crippen molar-refractivity contribution in [3.63, 3.8) is 0 Å². The summed E-state index contributed by atoms with van der Waals surface area (Å²) in [5, 5.41) is 0. The molecule has 0 aliphatic heterocycles. The van der Waals surface area contributed by atoms with Crippen molar-refractivity contribution in [2.24, 2.45) is 0 Å². The molecule has 0 bridgehead atoms. The van der Waals surface area contributed by atoms with E-state index in [4.69, 9.17) is 18.3 Å². The van der Waals surface area contributed by atoms with Crippen molar-refractivity contribution >= 4 is 13.6 Å². The molecule has 0 aliphatic carbocycles. The summed E-state index contributed by atoms with van der Waals surface area (Å²) in [5.41, 5.74) is -4.50. The van der Waals surface area contributed by atoms with Crippen LogP contribution in [0.2, 0.25) is 0 Å². The zero-order valence-corrected chi connectivity index (χ0v) is 17.5. The monoisotopic (exact) mass is 446 g/mol. The Kier molecular flexibility index (Phi) is 7.82. The van der Waals surface area contributed by atoms with Crippen molar-refractivity contribution in [1.29, 1.82) is 0 Å². The van der Waals surface area contributed by atoms with E-state index in [1.807, 2.05) is 0 Å². The third kappa shape index (κ3) is 4.92. The van der Waals surface area contributed by atoms with E-state index in [0.717, 1.165) is 12.1 Å². The van der Waals surface area contributed by atoms with Crippen LogP contribution in [-0.4, -0.2) is 32.3 Å². The second-order valence-corrected chi connectivity index (χ2v) is 7.57. The van der Waals surface area contributed by atoms with Gasteiger partial charge in [0.05, 0.1) is 20.3 Å². The number of Topliss-reactive ketones (excluding diaryl/α,β-unsaturated/α-hetero) is 1. The maximum absolute atomic E-state index is 14.6. The molecule has 0 spiro atoms. The van der Waals surface area contributed by atoms with Crippen molar-refractivity contribution in [1.82, 2.24) is 0 Å². The van der Waals surface area contributed by atoms with Crippen molar-refractivity contribution in [2.75, 3.05) is 20.3 Å². The quantitative estimate of drug-likeness (QED) is 0.353. The Morgan fingerprint density at radius 1 is 0.933 bits per heavy atom. The highest BCUT2D eigenvalue weighted by molar-refractivity contribution is 7.48. The summed E-state index contributed by atoms with van der Waals surface area (Å²) >= 11 is 0. The van der Waals surface area contributed by atoms with Crippen LogP contribution in [0, 0.1) is 0 Å². The molecule has 0 amide bonds. The van der Waals surface area contributed by atoms with E-state index < -0.39 is 30.9 Å². The topological polar surface area (TPSA) is 71.1 Å². The average molecular weight is 446 g/mol. The molecule has 164 valence electrons. The summed E-state index contributed by atoms with van der Waals surface area (Å²) < 4.78 is 76.4. The number of alkyl halides is 3. The molecule has 0 fully saturated rings. The number of phosphoric ester groups is 1. The van der Waals surface area contributed by atoms with Crippen LogP contribution >= 0.6 is 7.82 Å². The number of ketones is 1. The second-order valence-electron chi connectivity index (χ2n) is 5.98. The predicted molar refractivity (Wildman–Crippen MR) is 103 cm³/mol. The molecule has 0 aromatic heterocycles. The van der Waals surface area contributed by atoms with Crippen LogP contribution in [0.15, 0.2) is 54.6 Å². The van der Waals surface area contributed by atoms with E-state index in [0.29, 0.717) is 5.75 Å². The molecule has 1 unspecified atom stereocenters.